The normalized spacial score (nSPS) is 42.9. The molecule has 0 aliphatic heterocycles. The SMILES string of the molecule is CCOCCC(=O)OCC(=O)[C@@]1(O)CC[C@H]2[C@@H]3C[C@H](C)C4=CC(=O)C=C[C@]4(C)[C@H]3[C@@H](O)C[C@@]21C. The first kappa shape index (κ1) is 25.3. The van der Waals surface area contributed by atoms with Gasteiger partial charge in [-0.05, 0) is 62.5 Å². The zero-order chi connectivity index (χ0) is 24.9. The van der Waals surface area contributed by atoms with Gasteiger partial charge < -0.3 is 19.7 Å². The van der Waals surface area contributed by atoms with Crippen molar-refractivity contribution in [1.82, 2.24) is 0 Å². The van der Waals surface area contributed by atoms with E-state index < -0.39 is 40.9 Å². The first-order chi connectivity index (χ1) is 16.0. The molecule has 2 N–H and O–H groups in total. The molecule has 0 radical (unpaired) electrons. The fourth-order valence-corrected chi connectivity index (χ4v) is 7.85. The van der Waals surface area contributed by atoms with Gasteiger partial charge in [0.25, 0.3) is 0 Å². The molecule has 4 aliphatic carbocycles. The molecular weight excluding hydrogens is 436 g/mol. The number of esters is 1. The van der Waals surface area contributed by atoms with E-state index in [1.807, 2.05) is 19.9 Å². The number of aliphatic hydroxyl groups excluding tert-OH is 1. The Morgan fingerprint density at radius 1 is 1.26 bits per heavy atom. The van der Waals surface area contributed by atoms with Crippen LogP contribution in [-0.2, 0) is 23.9 Å². The summed E-state index contributed by atoms with van der Waals surface area (Å²) in [6, 6.07) is 0. The summed E-state index contributed by atoms with van der Waals surface area (Å²) in [7, 11) is 0. The van der Waals surface area contributed by atoms with Crippen molar-refractivity contribution in [3.63, 3.8) is 0 Å². The molecule has 0 aromatic carbocycles. The van der Waals surface area contributed by atoms with Crippen LogP contribution in [0.15, 0.2) is 23.8 Å². The van der Waals surface area contributed by atoms with E-state index in [0.717, 1.165) is 12.0 Å². The zero-order valence-corrected chi connectivity index (χ0v) is 20.7. The first-order valence-electron chi connectivity index (χ1n) is 12.6. The van der Waals surface area contributed by atoms with Crippen molar-refractivity contribution < 1.29 is 34.1 Å². The van der Waals surface area contributed by atoms with E-state index in [2.05, 4.69) is 13.8 Å². The van der Waals surface area contributed by atoms with Crippen molar-refractivity contribution in [2.75, 3.05) is 19.8 Å². The maximum atomic E-state index is 13.2. The molecule has 7 heteroatoms. The second kappa shape index (κ2) is 8.99. The number of hydrogen-bond acceptors (Lipinski definition) is 7. The van der Waals surface area contributed by atoms with Gasteiger partial charge in [-0.25, -0.2) is 0 Å². The number of fused-ring (bicyclic) bond motifs is 5. The standard InChI is InChI=1S/C27H38O7/c1-5-33-11-8-23(31)34-15-22(30)27(32)10-7-19-18-12-16(2)20-13-17(28)6-9-25(20,3)24(18)21(29)14-26(19,27)4/h6,9,13,16,18-19,21,24,29,32H,5,7-8,10-12,14-15H2,1-4H3/t16-,18-,19-,21-,24+,25-,26-,27-/m0/s1. The Kier molecular flexibility index (Phi) is 6.68. The van der Waals surface area contributed by atoms with Gasteiger partial charge in [-0.1, -0.05) is 32.4 Å². The van der Waals surface area contributed by atoms with Crippen LogP contribution in [0.4, 0.5) is 0 Å². The Bertz CT molecular complexity index is 922. The summed E-state index contributed by atoms with van der Waals surface area (Å²) < 4.78 is 10.3. The third-order valence-corrected chi connectivity index (χ3v) is 9.45. The molecule has 0 aromatic heterocycles. The predicted molar refractivity (Wildman–Crippen MR) is 125 cm³/mol. The van der Waals surface area contributed by atoms with Gasteiger partial charge in [0.2, 0.25) is 5.78 Å². The molecule has 3 fully saturated rings. The summed E-state index contributed by atoms with van der Waals surface area (Å²) in [5.74, 6) is -0.775. The largest absolute Gasteiger partial charge is 0.457 e. The molecule has 0 heterocycles. The summed E-state index contributed by atoms with van der Waals surface area (Å²) in [5.41, 5.74) is -1.80. The molecule has 0 unspecified atom stereocenters. The highest BCUT2D eigenvalue weighted by Gasteiger charge is 2.68. The maximum absolute atomic E-state index is 13.2. The number of hydrogen-bond donors (Lipinski definition) is 2. The van der Waals surface area contributed by atoms with Crippen molar-refractivity contribution in [1.29, 1.82) is 0 Å². The number of carbonyl (C=O) groups is 3. The Labute approximate surface area is 201 Å². The fourth-order valence-electron chi connectivity index (χ4n) is 7.85. The van der Waals surface area contributed by atoms with Crippen LogP contribution in [0, 0.1) is 34.5 Å². The number of carbonyl (C=O) groups excluding carboxylic acids is 3. The van der Waals surface area contributed by atoms with Crippen molar-refractivity contribution in [3.05, 3.63) is 23.8 Å². The monoisotopic (exact) mass is 474 g/mol. The maximum Gasteiger partial charge on any atom is 0.308 e. The molecule has 0 aromatic rings. The Morgan fingerprint density at radius 2 is 2.00 bits per heavy atom. The van der Waals surface area contributed by atoms with Crippen LogP contribution in [0.5, 0.6) is 0 Å². The predicted octanol–water partition coefficient (Wildman–Crippen LogP) is 2.78. The molecule has 0 amide bonds. The molecule has 8 atom stereocenters. The number of ketones is 2. The number of allylic oxidation sites excluding steroid dienone is 4. The van der Waals surface area contributed by atoms with Gasteiger partial charge in [0.05, 0.1) is 19.1 Å². The van der Waals surface area contributed by atoms with Crippen LogP contribution in [0.1, 0.15) is 59.8 Å². The summed E-state index contributed by atoms with van der Waals surface area (Å²) in [6.45, 7) is 8.23. The van der Waals surface area contributed by atoms with E-state index in [0.29, 0.717) is 25.9 Å². The van der Waals surface area contributed by atoms with Gasteiger partial charge in [-0.15, -0.1) is 0 Å². The minimum Gasteiger partial charge on any atom is -0.457 e. The summed E-state index contributed by atoms with van der Waals surface area (Å²) in [4.78, 5) is 37.3. The number of ether oxygens (including phenoxy) is 2. The van der Waals surface area contributed by atoms with Gasteiger partial charge in [-0.2, -0.15) is 0 Å². The van der Waals surface area contributed by atoms with E-state index in [9.17, 15) is 24.6 Å². The van der Waals surface area contributed by atoms with Gasteiger partial charge >= 0.3 is 5.97 Å². The lowest BCUT2D eigenvalue weighted by atomic mass is 9.45. The van der Waals surface area contributed by atoms with Crippen LogP contribution < -0.4 is 0 Å². The number of aliphatic hydroxyl groups is 2. The van der Waals surface area contributed by atoms with E-state index >= 15 is 0 Å². The Morgan fingerprint density at radius 3 is 2.71 bits per heavy atom. The van der Waals surface area contributed by atoms with Crippen LogP contribution >= 0.6 is 0 Å². The highest BCUT2D eigenvalue weighted by molar-refractivity contribution is 6.01. The minimum absolute atomic E-state index is 0.00967. The van der Waals surface area contributed by atoms with E-state index in [1.54, 1.807) is 12.2 Å². The second-order valence-corrected chi connectivity index (χ2v) is 11.2. The molecule has 7 nitrogen and oxygen atoms in total. The third-order valence-electron chi connectivity index (χ3n) is 9.45. The average molecular weight is 475 g/mol. The molecule has 0 bridgehead atoms. The molecule has 0 spiro atoms. The molecule has 188 valence electrons. The Hall–Kier alpha value is -1.83. The smallest absolute Gasteiger partial charge is 0.308 e. The van der Waals surface area contributed by atoms with Crippen LogP contribution in [0.2, 0.25) is 0 Å². The van der Waals surface area contributed by atoms with Gasteiger partial charge in [0.15, 0.2) is 12.4 Å². The van der Waals surface area contributed by atoms with E-state index in [-0.39, 0.29) is 42.5 Å². The van der Waals surface area contributed by atoms with Crippen LogP contribution in [0.3, 0.4) is 0 Å². The summed E-state index contributed by atoms with van der Waals surface area (Å²) in [6.07, 6.45) is 6.69. The van der Waals surface area contributed by atoms with E-state index in [1.165, 1.54) is 0 Å². The highest BCUT2D eigenvalue weighted by Crippen LogP contribution is 2.67. The van der Waals surface area contributed by atoms with Gasteiger partial charge in [-0.3, -0.25) is 14.4 Å². The molecule has 3 saturated carbocycles. The summed E-state index contributed by atoms with van der Waals surface area (Å²) in [5, 5.41) is 23.2. The minimum atomic E-state index is -1.65. The Balaban J connectivity index is 1.55. The highest BCUT2D eigenvalue weighted by atomic mass is 16.5. The van der Waals surface area contributed by atoms with Crippen molar-refractivity contribution >= 4 is 17.5 Å². The second-order valence-electron chi connectivity index (χ2n) is 11.2. The first-order valence-corrected chi connectivity index (χ1v) is 12.6. The van der Waals surface area contributed by atoms with Crippen LogP contribution in [-0.4, -0.2) is 59.3 Å². The molecule has 34 heavy (non-hydrogen) atoms. The topological polar surface area (TPSA) is 110 Å². The summed E-state index contributed by atoms with van der Waals surface area (Å²) >= 11 is 0. The quantitative estimate of drug-likeness (QED) is 0.431. The van der Waals surface area contributed by atoms with E-state index in [4.69, 9.17) is 9.47 Å². The molecule has 4 aliphatic rings. The molecular formula is C27H38O7. The average Bonchev–Trinajstić information content (AvgIpc) is 3.04. The number of Topliss-reactive ketones (excluding diaryl/α,β-unsaturated/α-hetero) is 1. The molecule has 4 rings (SSSR count). The number of rotatable bonds is 7. The third kappa shape index (κ3) is 3.80. The lowest BCUT2D eigenvalue weighted by molar-refractivity contribution is -0.182. The van der Waals surface area contributed by atoms with Crippen molar-refractivity contribution in [3.8, 4) is 0 Å². The zero-order valence-electron chi connectivity index (χ0n) is 20.7. The van der Waals surface area contributed by atoms with Crippen LogP contribution in [0.25, 0.3) is 0 Å². The van der Waals surface area contributed by atoms with Gasteiger partial charge in [0.1, 0.15) is 5.60 Å². The lowest BCUT2D eigenvalue weighted by Crippen LogP contribution is -2.62. The van der Waals surface area contributed by atoms with Crippen molar-refractivity contribution in [2.45, 2.75) is 71.5 Å². The fraction of sp³-hybridized carbons (Fsp3) is 0.741. The van der Waals surface area contributed by atoms with Crippen molar-refractivity contribution in [2.24, 2.45) is 34.5 Å². The lowest BCUT2D eigenvalue weighted by Gasteiger charge is -2.60. The van der Waals surface area contributed by atoms with Gasteiger partial charge in [0, 0.05) is 23.4 Å². The molecule has 0 saturated heterocycles.